The SMILES string of the molecule is CC(CCCO)NS(=O)(=O)CCCC(F)(F)F. The van der Waals surface area contributed by atoms with E-state index in [0.29, 0.717) is 12.8 Å². The second-order valence-corrected chi connectivity index (χ2v) is 5.80. The van der Waals surface area contributed by atoms with Gasteiger partial charge in [0, 0.05) is 19.1 Å². The number of rotatable bonds is 8. The van der Waals surface area contributed by atoms with Gasteiger partial charge >= 0.3 is 6.18 Å². The van der Waals surface area contributed by atoms with Crippen LogP contribution in [-0.2, 0) is 10.0 Å². The zero-order valence-electron chi connectivity index (χ0n) is 9.63. The predicted octanol–water partition coefficient (Wildman–Crippen LogP) is 1.41. The lowest BCUT2D eigenvalue weighted by Crippen LogP contribution is -2.34. The van der Waals surface area contributed by atoms with Gasteiger partial charge in [0.25, 0.3) is 0 Å². The Bertz CT molecular complexity index is 303. The highest BCUT2D eigenvalue weighted by Crippen LogP contribution is 2.21. The van der Waals surface area contributed by atoms with Crippen LogP contribution < -0.4 is 4.72 Å². The van der Waals surface area contributed by atoms with Gasteiger partial charge in [-0.15, -0.1) is 0 Å². The van der Waals surface area contributed by atoms with Gasteiger partial charge in [-0.1, -0.05) is 0 Å². The number of hydrogen-bond acceptors (Lipinski definition) is 3. The molecule has 0 aromatic carbocycles. The molecule has 0 amide bonds. The molecule has 0 aromatic rings. The van der Waals surface area contributed by atoms with Gasteiger partial charge in [-0.25, -0.2) is 13.1 Å². The van der Waals surface area contributed by atoms with Crippen molar-refractivity contribution in [2.45, 2.75) is 44.8 Å². The maximum absolute atomic E-state index is 11.8. The van der Waals surface area contributed by atoms with Crippen molar-refractivity contribution in [1.82, 2.24) is 4.72 Å². The largest absolute Gasteiger partial charge is 0.396 e. The van der Waals surface area contributed by atoms with Crippen molar-refractivity contribution < 1.29 is 26.7 Å². The number of aliphatic hydroxyl groups is 1. The molecule has 0 aliphatic heterocycles. The number of hydrogen-bond donors (Lipinski definition) is 2. The molecule has 104 valence electrons. The summed E-state index contributed by atoms with van der Waals surface area (Å²) < 4.78 is 60.4. The molecule has 17 heavy (non-hydrogen) atoms. The van der Waals surface area contributed by atoms with Gasteiger partial charge in [0.05, 0.1) is 5.75 Å². The van der Waals surface area contributed by atoms with Gasteiger partial charge in [0.15, 0.2) is 0 Å². The van der Waals surface area contributed by atoms with Crippen LogP contribution in [0.2, 0.25) is 0 Å². The summed E-state index contributed by atoms with van der Waals surface area (Å²) in [5.41, 5.74) is 0. The quantitative estimate of drug-likeness (QED) is 0.705. The van der Waals surface area contributed by atoms with Gasteiger partial charge in [-0.3, -0.25) is 0 Å². The molecule has 0 bridgehead atoms. The van der Waals surface area contributed by atoms with Crippen LogP contribution in [0.15, 0.2) is 0 Å². The fourth-order valence-electron chi connectivity index (χ4n) is 1.28. The molecule has 4 nitrogen and oxygen atoms in total. The van der Waals surface area contributed by atoms with E-state index in [0.717, 1.165) is 0 Å². The van der Waals surface area contributed by atoms with Gasteiger partial charge in [-0.2, -0.15) is 13.2 Å². The third kappa shape index (κ3) is 10.5. The number of halogens is 3. The summed E-state index contributed by atoms with van der Waals surface area (Å²) in [7, 11) is -3.67. The average molecular weight is 277 g/mol. The van der Waals surface area contributed by atoms with Crippen molar-refractivity contribution in [2.24, 2.45) is 0 Å². The van der Waals surface area contributed by atoms with Gasteiger partial charge < -0.3 is 5.11 Å². The Balaban J connectivity index is 3.96. The molecule has 0 heterocycles. The van der Waals surface area contributed by atoms with E-state index >= 15 is 0 Å². The summed E-state index contributed by atoms with van der Waals surface area (Å²) in [4.78, 5) is 0. The zero-order valence-corrected chi connectivity index (χ0v) is 10.4. The van der Waals surface area contributed by atoms with Crippen LogP contribution in [0, 0.1) is 0 Å². The molecular weight excluding hydrogens is 259 g/mol. The molecule has 0 radical (unpaired) electrons. The van der Waals surface area contributed by atoms with Crippen LogP contribution in [-0.4, -0.2) is 38.1 Å². The lowest BCUT2D eigenvalue weighted by molar-refractivity contribution is -0.134. The van der Waals surface area contributed by atoms with Crippen molar-refractivity contribution in [3.05, 3.63) is 0 Å². The lowest BCUT2D eigenvalue weighted by Gasteiger charge is -2.13. The number of alkyl halides is 3. The summed E-state index contributed by atoms with van der Waals surface area (Å²) in [5.74, 6) is -0.532. The Kier molecular flexibility index (Phi) is 7.03. The van der Waals surface area contributed by atoms with Crippen LogP contribution in [0.4, 0.5) is 13.2 Å². The van der Waals surface area contributed by atoms with E-state index in [9.17, 15) is 21.6 Å². The molecule has 0 aliphatic rings. The van der Waals surface area contributed by atoms with Crippen molar-refractivity contribution in [3.63, 3.8) is 0 Å². The summed E-state index contributed by atoms with van der Waals surface area (Å²) in [6, 6.07) is -0.377. The third-order valence-electron chi connectivity index (χ3n) is 2.05. The Hall–Kier alpha value is -0.340. The highest BCUT2D eigenvalue weighted by atomic mass is 32.2. The monoisotopic (exact) mass is 277 g/mol. The summed E-state index contributed by atoms with van der Waals surface area (Å²) in [6.45, 7) is 1.57. The average Bonchev–Trinajstić information content (AvgIpc) is 2.11. The molecule has 0 aromatic heterocycles. The van der Waals surface area contributed by atoms with Gasteiger partial charge in [0.2, 0.25) is 10.0 Å². The molecule has 2 N–H and O–H groups in total. The summed E-state index contributed by atoms with van der Waals surface area (Å²) in [6.07, 6.45) is -4.95. The van der Waals surface area contributed by atoms with Crippen molar-refractivity contribution >= 4 is 10.0 Å². The zero-order chi connectivity index (χ0) is 13.5. The smallest absolute Gasteiger partial charge is 0.389 e. The van der Waals surface area contributed by atoms with Crippen LogP contribution in [0.25, 0.3) is 0 Å². The third-order valence-corrected chi connectivity index (χ3v) is 3.64. The van der Waals surface area contributed by atoms with Crippen LogP contribution in [0.1, 0.15) is 32.6 Å². The molecule has 1 atom stereocenters. The van der Waals surface area contributed by atoms with E-state index in [4.69, 9.17) is 5.11 Å². The second kappa shape index (κ2) is 7.17. The summed E-state index contributed by atoms with van der Waals surface area (Å²) in [5, 5.41) is 8.54. The highest BCUT2D eigenvalue weighted by Gasteiger charge is 2.27. The molecule has 0 saturated carbocycles. The molecule has 0 fully saturated rings. The first-order valence-corrected chi connectivity index (χ1v) is 6.99. The normalized spacial score (nSPS) is 14.9. The number of sulfonamides is 1. The van der Waals surface area contributed by atoms with Crippen LogP contribution in [0.3, 0.4) is 0 Å². The Labute approximate surface area is 99.3 Å². The first kappa shape index (κ1) is 16.7. The van der Waals surface area contributed by atoms with Crippen LogP contribution >= 0.6 is 0 Å². The van der Waals surface area contributed by atoms with E-state index in [-0.39, 0.29) is 12.6 Å². The predicted molar refractivity (Wildman–Crippen MR) is 58.0 cm³/mol. The summed E-state index contributed by atoms with van der Waals surface area (Å²) >= 11 is 0. The van der Waals surface area contributed by atoms with Crippen molar-refractivity contribution in [2.75, 3.05) is 12.4 Å². The Morgan fingerprint density at radius 3 is 2.35 bits per heavy atom. The van der Waals surface area contributed by atoms with E-state index in [2.05, 4.69) is 4.72 Å². The minimum atomic E-state index is -4.32. The van der Waals surface area contributed by atoms with E-state index in [1.165, 1.54) is 0 Å². The molecule has 8 heteroatoms. The van der Waals surface area contributed by atoms with E-state index in [1.807, 2.05) is 0 Å². The molecule has 1 unspecified atom stereocenters. The minimum absolute atomic E-state index is 0.0415. The topological polar surface area (TPSA) is 66.4 Å². The second-order valence-electron chi connectivity index (χ2n) is 3.92. The Morgan fingerprint density at radius 1 is 1.29 bits per heavy atom. The van der Waals surface area contributed by atoms with Crippen molar-refractivity contribution in [3.8, 4) is 0 Å². The highest BCUT2D eigenvalue weighted by molar-refractivity contribution is 7.89. The number of nitrogens with one attached hydrogen (secondary N) is 1. The van der Waals surface area contributed by atoms with E-state index < -0.39 is 34.8 Å². The first-order valence-electron chi connectivity index (χ1n) is 5.34. The molecule has 0 rings (SSSR count). The maximum atomic E-state index is 11.8. The van der Waals surface area contributed by atoms with Crippen LogP contribution in [0.5, 0.6) is 0 Å². The molecule has 0 spiro atoms. The fourth-order valence-corrected chi connectivity index (χ4v) is 2.66. The number of aliphatic hydroxyl groups excluding tert-OH is 1. The maximum Gasteiger partial charge on any atom is 0.389 e. The lowest BCUT2D eigenvalue weighted by atomic mass is 10.2. The Morgan fingerprint density at radius 2 is 1.88 bits per heavy atom. The van der Waals surface area contributed by atoms with E-state index in [1.54, 1.807) is 6.92 Å². The van der Waals surface area contributed by atoms with Crippen molar-refractivity contribution in [1.29, 1.82) is 0 Å². The van der Waals surface area contributed by atoms with Gasteiger partial charge in [-0.05, 0) is 26.2 Å². The minimum Gasteiger partial charge on any atom is -0.396 e. The fraction of sp³-hybridized carbons (Fsp3) is 1.00. The van der Waals surface area contributed by atoms with Gasteiger partial charge in [0.1, 0.15) is 0 Å². The standard InChI is InChI=1S/C9H18F3NO3S/c1-8(4-2-6-14)13-17(15,16)7-3-5-9(10,11)12/h8,13-14H,2-7H2,1H3. The molecular formula is C9H18F3NO3S. The molecule has 0 saturated heterocycles. The first-order chi connectivity index (χ1) is 7.66. The molecule has 0 aliphatic carbocycles.